The van der Waals surface area contributed by atoms with Gasteiger partial charge in [-0.15, -0.1) is 11.3 Å². The summed E-state index contributed by atoms with van der Waals surface area (Å²) in [5, 5.41) is 2.42. The Kier molecular flexibility index (Phi) is 4.90. The van der Waals surface area contributed by atoms with Gasteiger partial charge in [-0.25, -0.2) is 14.9 Å². The van der Waals surface area contributed by atoms with Gasteiger partial charge in [0.25, 0.3) is 5.91 Å². The number of amides is 1. The monoisotopic (exact) mass is 391 g/mol. The fraction of sp³-hybridized carbons (Fsp3) is 0.0952. The quantitative estimate of drug-likeness (QED) is 0.617. The van der Waals surface area contributed by atoms with E-state index in [-0.39, 0.29) is 5.91 Å². The fourth-order valence-corrected chi connectivity index (χ4v) is 3.54. The molecule has 1 aliphatic heterocycles. The van der Waals surface area contributed by atoms with E-state index < -0.39 is 0 Å². The van der Waals surface area contributed by atoms with E-state index in [1.165, 1.54) is 11.3 Å². The molecule has 0 aliphatic carbocycles. The van der Waals surface area contributed by atoms with Crippen LogP contribution in [0.5, 0.6) is 11.5 Å². The number of hydrogen-bond acceptors (Lipinski definition) is 6. The van der Waals surface area contributed by atoms with Crippen molar-refractivity contribution >= 4 is 34.3 Å². The molecule has 2 aromatic carbocycles. The predicted octanol–water partition coefficient (Wildman–Crippen LogP) is 3.99. The minimum Gasteiger partial charge on any atom is -0.493 e. The van der Waals surface area contributed by atoms with Crippen LogP contribution in [0.4, 0.5) is 5.13 Å². The van der Waals surface area contributed by atoms with E-state index in [0.717, 1.165) is 11.1 Å². The van der Waals surface area contributed by atoms with Gasteiger partial charge in [-0.1, -0.05) is 36.4 Å². The number of anilines is 1. The Bertz CT molecular complexity index is 1060. The van der Waals surface area contributed by atoms with E-state index in [0.29, 0.717) is 28.2 Å². The largest absolute Gasteiger partial charge is 0.493 e. The average Bonchev–Trinajstić information content (AvgIpc) is 3.37. The molecule has 0 atom stereocenters. The van der Waals surface area contributed by atoms with Gasteiger partial charge in [0.15, 0.2) is 16.6 Å². The van der Waals surface area contributed by atoms with Gasteiger partial charge in [-0.3, -0.25) is 4.79 Å². The maximum Gasteiger partial charge on any atom is 0.284 e. The third-order valence-corrected chi connectivity index (χ3v) is 4.97. The third-order valence-electron chi connectivity index (χ3n) is 4.21. The standard InChI is InChI=1S/C21H17N3O3S/c1-26-17-9-8-14(13-18(17)27-2)12-16-20(25)24(21-22-10-11-28-21)19(23-16)15-6-4-3-5-7-15/h3-13H,1-2H3/b16-12+. The van der Waals surface area contributed by atoms with E-state index in [4.69, 9.17) is 9.47 Å². The Labute approximate surface area is 166 Å². The van der Waals surface area contributed by atoms with Gasteiger partial charge in [0, 0.05) is 17.1 Å². The molecular weight excluding hydrogens is 374 g/mol. The maximum atomic E-state index is 13.1. The first-order valence-electron chi connectivity index (χ1n) is 8.53. The molecule has 140 valence electrons. The van der Waals surface area contributed by atoms with Crippen molar-refractivity contribution in [3.05, 3.63) is 76.9 Å². The number of aliphatic imine (C=N–C) groups is 1. The molecule has 0 unspecified atom stereocenters. The Morgan fingerprint density at radius 2 is 1.82 bits per heavy atom. The van der Waals surface area contributed by atoms with Crippen LogP contribution in [0.25, 0.3) is 6.08 Å². The van der Waals surface area contributed by atoms with Gasteiger partial charge in [0.1, 0.15) is 11.5 Å². The van der Waals surface area contributed by atoms with Gasteiger partial charge < -0.3 is 9.47 Å². The highest BCUT2D eigenvalue weighted by Crippen LogP contribution is 2.31. The van der Waals surface area contributed by atoms with Crippen LogP contribution in [0, 0.1) is 0 Å². The summed E-state index contributed by atoms with van der Waals surface area (Å²) >= 11 is 1.39. The molecule has 0 fully saturated rings. The van der Waals surface area contributed by atoms with Crippen LogP contribution in [0.15, 0.2) is 70.8 Å². The maximum absolute atomic E-state index is 13.1. The predicted molar refractivity (Wildman–Crippen MR) is 110 cm³/mol. The Morgan fingerprint density at radius 1 is 1.04 bits per heavy atom. The summed E-state index contributed by atoms with van der Waals surface area (Å²) in [5.41, 5.74) is 1.97. The molecule has 1 aliphatic rings. The summed E-state index contributed by atoms with van der Waals surface area (Å²) in [6.07, 6.45) is 3.41. The number of carbonyl (C=O) groups excluding carboxylic acids is 1. The molecule has 1 aromatic heterocycles. The van der Waals surface area contributed by atoms with E-state index in [2.05, 4.69) is 9.98 Å². The number of benzene rings is 2. The molecule has 2 heterocycles. The highest BCUT2D eigenvalue weighted by molar-refractivity contribution is 7.14. The van der Waals surface area contributed by atoms with E-state index in [1.807, 2.05) is 47.8 Å². The van der Waals surface area contributed by atoms with E-state index in [9.17, 15) is 4.79 Å². The molecule has 1 amide bonds. The van der Waals surface area contributed by atoms with Crippen LogP contribution >= 0.6 is 11.3 Å². The molecule has 0 spiro atoms. The van der Waals surface area contributed by atoms with Gasteiger partial charge in [-0.2, -0.15) is 0 Å². The lowest BCUT2D eigenvalue weighted by atomic mass is 10.1. The first-order chi connectivity index (χ1) is 13.7. The Morgan fingerprint density at radius 3 is 2.50 bits per heavy atom. The second-order valence-corrected chi connectivity index (χ2v) is 6.77. The van der Waals surface area contributed by atoms with Crippen molar-refractivity contribution in [1.82, 2.24) is 4.98 Å². The molecule has 6 nitrogen and oxygen atoms in total. The topological polar surface area (TPSA) is 64.0 Å². The summed E-state index contributed by atoms with van der Waals surface area (Å²) < 4.78 is 10.6. The van der Waals surface area contributed by atoms with Crippen molar-refractivity contribution in [2.75, 3.05) is 19.1 Å². The van der Waals surface area contributed by atoms with Crippen LogP contribution in [-0.4, -0.2) is 30.9 Å². The van der Waals surface area contributed by atoms with Crippen molar-refractivity contribution in [1.29, 1.82) is 0 Å². The van der Waals surface area contributed by atoms with Gasteiger partial charge in [0.05, 0.1) is 14.2 Å². The lowest BCUT2D eigenvalue weighted by Gasteiger charge is -2.14. The molecule has 0 saturated carbocycles. The molecular formula is C21H17N3O3S. The minimum atomic E-state index is -0.219. The highest BCUT2D eigenvalue weighted by Gasteiger charge is 2.33. The number of thiazole rings is 1. The lowest BCUT2D eigenvalue weighted by molar-refractivity contribution is -0.113. The molecule has 0 saturated heterocycles. The molecule has 4 rings (SSSR count). The van der Waals surface area contributed by atoms with Crippen molar-refractivity contribution in [2.24, 2.45) is 4.99 Å². The molecule has 0 bridgehead atoms. The normalized spacial score (nSPS) is 15.1. The first-order valence-corrected chi connectivity index (χ1v) is 9.41. The number of amidine groups is 1. The fourth-order valence-electron chi connectivity index (χ4n) is 2.90. The third kappa shape index (κ3) is 3.27. The number of rotatable bonds is 5. The van der Waals surface area contributed by atoms with Crippen LogP contribution in [-0.2, 0) is 4.79 Å². The molecule has 3 aromatic rings. The zero-order valence-corrected chi connectivity index (χ0v) is 16.1. The van der Waals surface area contributed by atoms with Gasteiger partial charge in [-0.05, 0) is 23.8 Å². The number of nitrogens with zero attached hydrogens (tertiary/aromatic N) is 3. The van der Waals surface area contributed by atoms with Crippen molar-refractivity contribution < 1.29 is 14.3 Å². The summed E-state index contributed by atoms with van der Waals surface area (Å²) in [6, 6.07) is 15.1. The average molecular weight is 391 g/mol. The Balaban J connectivity index is 1.78. The minimum absolute atomic E-state index is 0.219. The van der Waals surface area contributed by atoms with Crippen molar-refractivity contribution in [2.45, 2.75) is 0 Å². The van der Waals surface area contributed by atoms with Crippen molar-refractivity contribution in [3.63, 3.8) is 0 Å². The summed E-state index contributed by atoms with van der Waals surface area (Å²) in [5.74, 6) is 1.56. The highest BCUT2D eigenvalue weighted by atomic mass is 32.1. The number of aromatic nitrogens is 1. The SMILES string of the molecule is COc1ccc(/C=C2/N=C(c3ccccc3)N(c3nccs3)C2=O)cc1OC. The van der Waals surface area contributed by atoms with Crippen LogP contribution in [0.3, 0.4) is 0 Å². The van der Waals surface area contributed by atoms with Crippen molar-refractivity contribution in [3.8, 4) is 11.5 Å². The summed E-state index contributed by atoms with van der Waals surface area (Å²) in [4.78, 5) is 23.6. The summed E-state index contributed by atoms with van der Waals surface area (Å²) in [7, 11) is 3.16. The molecule has 0 N–H and O–H groups in total. The van der Waals surface area contributed by atoms with Crippen LogP contribution in [0.2, 0.25) is 0 Å². The summed E-state index contributed by atoms with van der Waals surface area (Å²) in [6.45, 7) is 0. The number of ether oxygens (including phenoxy) is 2. The zero-order valence-electron chi connectivity index (χ0n) is 15.3. The van der Waals surface area contributed by atoms with E-state index in [1.54, 1.807) is 37.5 Å². The second kappa shape index (κ2) is 7.66. The van der Waals surface area contributed by atoms with E-state index >= 15 is 0 Å². The zero-order chi connectivity index (χ0) is 19.5. The smallest absolute Gasteiger partial charge is 0.284 e. The number of hydrogen-bond donors (Lipinski definition) is 0. The molecule has 7 heteroatoms. The lowest BCUT2D eigenvalue weighted by Crippen LogP contribution is -2.32. The second-order valence-electron chi connectivity index (χ2n) is 5.90. The van der Waals surface area contributed by atoms with Crippen LogP contribution < -0.4 is 14.4 Å². The van der Waals surface area contributed by atoms with Gasteiger partial charge in [0.2, 0.25) is 0 Å². The Hall–Kier alpha value is -3.45. The molecule has 28 heavy (non-hydrogen) atoms. The van der Waals surface area contributed by atoms with Gasteiger partial charge >= 0.3 is 0 Å². The molecule has 0 radical (unpaired) electrons. The first kappa shape index (κ1) is 17.9. The number of carbonyl (C=O) groups is 1. The van der Waals surface area contributed by atoms with Crippen LogP contribution in [0.1, 0.15) is 11.1 Å². The number of methoxy groups -OCH3 is 2.